The number of Topliss-reactive ketones (excluding diaryl/α,β-unsaturated/α-hetero) is 1. The summed E-state index contributed by atoms with van der Waals surface area (Å²) in [6, 6.07) is 7.88. The van der Waals surface area contributed by atoms with Crippen LogP contribution in [0.15, 0.2) is 60.7 Å². The number of carbonyl (C=O) groups is 2. The highest BCUT2D eigenvalue weighted by Gasteiger charge is 2.14. The first-order chi connectivity index (χ1) is 12.2. The first-order valence-corrected chi connectivity index (χ1v) is 7.83. The Bertz CT molecular complexity index is 838. The molecule has 0 unspecified atom stereocenters. The predicted molar refractivity (Wildman–Crippen MR) is 95.8 cm³/mol. The number of ketones is 1. The summed E-state index contributed by atoms with van der Waals surface area (Å²) in [5.41, 5.74) is 1.12. The van der Waals surface area contributed by atoms with Crippen LogP contribution in [0.25, 0.3) is 11.1 Å². The van der Waals surface area contributed by atoms with E-state index in [4.69, 9.17) is 4.74 Å². The fourth-order valence-electron chi connectivity index (χ4n) is 2.20. The molecule has 2 rings (SSSR count). The number of benzene rings is 2. The maximum atomic E-state index is 14.4. The van der Waals surface area contributed by atoms with Crippen molar-refractivity contribution in [1.82, 2.24) is 0 Å². The van der Waals surface area contributed by atoms with E-state index in [1.165, 1.54) is 31.2 Å². The smallest absolute Gasteiger partial charge is 0.338 e. The standard InChI is InChI=1S/C21H18F2O3/c1-12(2)20(24)10-14-5-7-16(18(22)9-14)17-8-6-15(11-19(17)23)26-21(25)13(3)4/h5-9,11H,1,3,10H2,2,4H3. The van der Waals surface area contributed by atoms with Crippen LogP contribution in [0.3, 0.4) is 0 Å². The van der Waals surface area contributed by atoms with Gasteiger partial charge in [0.2, 0.25) is 0 Å². The van der Waals surface area contributed by atoms with Gasteiger partial charge in [0.05, 0.1) is 0 Å². The highest BCUT2D eigenvalue weighted by atomic mass is 19.1. The predicted octanol–water partition coefficient (Wildman–Crippen LogP) is 4.80. The van der Waals surface area contributed by atoms with Crippen molar-refractivity contribution in [2.45, 2.75) is 20.3 Å². The highest BCUT2D eigenvalue weighted by Crippen LogP contribution is 2.29. The van der Waals surface area contributed by atoms with Gasteiger partial charge in [-0.2, -0.15) is 0 Å². The summed E-state index contributed by atoms with van der Waals surface area (Å²) < 4.78 is 33.7. The summed E-state index contributed by atoms with van der Waals surface area (Å²) in [4.78, 5) is 23.1. The van der Waals surface area contributed by atoms with Gasteiger partial charge in [-0.25, -0.2) is 13.6 Å². The van der Waals surface area contributed by atoms with E-state index >= 15 is 0 Å². The van der Waals surface area contributed by atoms with E-state index in [1.54, 1.807) is 13.0 Å². The topological polar surface area (TPSA) is 43.4 Å². The molecule has 5 heteroatoms. The van der Waals surface area contributed by atoms with E-state index in [0.717, 1.165) is 6.07 Å². The Labute approximate surface area is 150 Å². The van der Waals surface area contributed by atoms with Crippen LogP contribution in [-0.4, -0.2) is 11.8 Å². The van der Waals surface area contributed by atoms with Crippen molar-refractivity contribution in [1.29, 1.82) is 0 Å². The Morgan fingerprint density at radius 2 is 1.50 bits per heavy atom. The summed E-state index contributed by atoms with van der Waals surface area (Å²) in [5.74, 6) is -2.24. The number of rotatable bonds is 6. The molecule has 0 atom stereocenters. The van der Waals surface area contributed by atoms with Crippen molar-refractivity contribution in [3.05, 3.63) is 77.9 Å². The van der Waals surface area contributed by atoms with Gasteiger partial charge in [-0.1, -0.05) is 25.3 Å². The van der Waals surface area contributed by atoms with E-state index in [1.807, 2.05) is 0 Å². The molecule has 0 spiro atoms. The molecule has 0 radical (unpaired) electrons. The number of hydrogen-bond acceptors (Lipinski definition) is 3. The molecule has 2 aromatic rings. The van der Waals surface area contributed by atoms with E-state index in [2.05, 4.69) is 13.2 Å². The third kappa shape index (κ3) is 4.51. The molecule has 3 nitrogen and oxygen atoms in total. The second-order valence-electron chi connectivity index (χ2n) is 6.01. The maximum absolute atomic E-state index is 14.4. The van der Waals surface area contributed by atoms with Crippen LogP contribution in [0.4, 0.5) is 8.78 Å². The molecular formula is C21H18F2O3. The van der Waals surface area contributed by atoms with Gasteiger partial charge in [-0.15, -0.1) is 0 Å². The molecule has 2 aromatic carbocycles. The Balaban J connectivity index is 2.28. The number of ether oxygens (including phenoxy) is 1. The number of hydrogen-bond donors (Lipinski definition) is 0. The summed E-state index contributed by atoms with van der Waals surface area (Å²) in [5, 5.41) is 0. The molecule has 0 bridgehead atoms. The van der Waals surface area contributed by atoms with Crippen LogP contribution in [0.2, 0.25) is 0 Å². The van der Waals surface area contributed by atoms with E-state index in [0.29, 0.717) is 11.1 Å². The summed E-state index contributed by atoms with van der Waals surface area (Å²) in [6.45, 7) is 10.1. The van der Waals surface area contributed by atoms with Crippen molar-refractivity contribution in [3.63, 3.8) is 0 Å². The Morgan fingerprint density at radius 1 is 0.923 bits per heavy atom. The third-order valence-electron chi connectivity index (χ3n) is 3.66. The first kappa shape index (κ1) is 19.2. The lowest BCUT2D eigenvalue weighted by atomic mass is 9.99. The summed E-state index contributed by atoms with van der Waals surface area (Å²) in [7, 11) is 0. The zero-order chi connectivity index (χ0) is 19.4. The molecule has 0 aliphatic heterocycles. The normalized spacial score (nSPS) is 10.3. The van der Waals surface area contributed by atoms with Crippen molar-refractivity contribution < 1.29 is 23.1 Å². The fourth-order valence-corrected chi connectivity index (χ4v) is 2.20. The zero-order valence-electron chi connectivity index (χ0n) is 14.6. The molecule has 0 saturated heterocycles. The van der Waals surface area contributed by atoms with Gasteiger partial charge < -0.3 is 4.74 Å². The SMILES string of the molecule is C=C(C)C(=O)Cc1ccc(-c2ccc(OC(=O)C(=C)C)cc2F)c(F)c1. The van der Waals surface area contributed by atoms with E-state index < -0.39 is 17.6 Å². The van der Waals surface area contributed by atoms with Gasteiger partial charge >= 0.3 is 5.97 Å². The highest BCUT2D eigenvalue weighted by molar-refractivity contribution is 5.95. The van der Waals surface area contributed by atoms with Gasteiger partial charge in [0.25, 0.3) is 0 Å². The lowest BCUT2D eigenvalue weighted by Crippen LogP contribution is -2.08. The number of halogens is 2. The van der Waals surface area contributed by atoms with Crippen molar-refractivity contribution in [2.24, 2.45) is 0 Å². The Hall–Kier alpha value is -3.08. The number of carbonyl (C=O) groups excluding carboxylic acids is 2. The van der Waals surface area contributed by atoms with Crippen molar-refractivity contribution in [2.75, 3.05) is 0 Å². The summed E-state index contributed by atoms with van der Waals surface area (Å²) >= 11 is 0. The fraction of sp³-hybridized carbons (Fsp3) is 0.143. The lowest BCUT2D eigenvalue weighted by Gasteiger charge is -2.09. The average Bonchev–Trinajstić information content (AvgIpc) is 2.55. The van der Waals surface area contributed by atoms with Gasteiger partial charge in [0, 0.05) is 29.2 Å². The van der Waals surface area contributed by atoms with Gasteiger partial charge in [0.1, 0.15) is 17.4 Å². The zero-order valence-corrected chi connectivity index (χ0v) is 14.6. The van der Waals surface area contributed by atoms with Gasteiger partial charge in [-0.3, -0.25) is 4.79 Å². The van der Waals surface area contributed by atoms with Crippen LogP contribution >= 0.6 is 0 Å². The van der Waals surface area contributed by atoms with Crippen LogP contribution in [0, 0.1) is 11.6 Å². The van der Waals surface area contributed by atoms with Crippen LogP contribution in [-0.2, 0) is 16.0 Å². The molecule has 0 heterocycles. The number of allylic oxidation sites excluding steroid dienone is 1. The minimum atomic E-state index is -0.735. The molecule has 0 aliphatic rings. The Kier molecular flexibility index (Phi) is 5.82. The summed E-state index contributed by atoms with van der Waals surface area (Å²) in [6.07, 6.45) is 0.0325. The van der Waals surface area contributed by atoms with Crippen molar-refractivity contribution >= 4 is 11.8 Å². The molecule has 0 fully saturated rings. The maximum Gasteiger partial charge on any atom is 0.338 e. The monoisotopic (exact) mass is 356 g/mol. The molecule has 0 N–H and O–H groups in total. The number of esters is 1. The van der Waals surface area contributed by atoms with E-state index in [-0.39, 0.29) is 34.7 Å². The van der Waals surface area contributed by atoms with Crippen molar-refractivity contribution in [3.8, 4) is 16.9 Å². The minimum Gasteiger partial charge on any atom is -0.423 e. The van der Waals surface area contributed by atoms with Crippen LogP contribution < -0.4 is 4.74 Å². The quantitative estimate of drug-likeness (QED) is 0.424. The molecule has 0 aliphatic carbocycles. The largest absolute Gasteiger partial charge is 0.423 e. The molecular weight excluding hydrogens is 338 g/mol. The van der Waals surface area contributed by atoms with Gasteiger partial charge in [-0.05, 0) is 43.2 Å². The molecule has 0 aromatic heterocycles. The average molecular weight is 356 g/mol. The molecule has 134 valence electrons. The minimum absolute atomic E-state index is 0.00309. The second kappa shape index (κ2) is 7.87. The molecule has 0 saturated carbocycles. The lowest BCUT2D eigenvalue weighted by molar-refractivity contribution is -0.130. The molecule has 0 amide bonds. The molecule has 26 heavy (non-hydrogen) atoms. The third-order valence-corrected chi connectivity index (χ3v) is 3.66. The van der Waals surface area contributed by atoms with E-state index in [9.17, 15) is 18.4 Å². The first-order valence-electron chi connectivity index (χ1n) is 7.83. The Morgan fingerprint density at radius 3 is 2.00 bits per heavy atom. The van der Waals surface area contributed by atoms with Crippen LogP contribution in [0.1, 0.15) is 19.4 Å². The van der Waals surface area contributed by atoms with Crippen LogP contribution in [0.5, 0.6) is 5.75 Å². The van der Waals surface area contributed by atoms with Gasteiger partial charge in [0.15, 0.2) is 5.78 Å². The second-order valence-corrected chi connectivity index (χ2v) is 6.01.